The number of phenols is 1. The van der Waals surface area contributed by atoms with Gasteiger partial charge in [0.05, 0.1) is 6.57 Å². The van der Waals surface area contributed by atoms with E-state index < -0.39 is 0 Å². The van der Waals surface area contributed by atoms with E-state index in [4.69, 9.17) is 11.3 Å². The molecule has 1 aliphatic heterocycles. The van der Waals surface area contributed by atoms with Crippen molar-refractivity contribution in [1.82, 2.24) is 0 Å². The second-order valence-corrected chi connectivity index (χ2v) is 7.26. The van der Waals surface area contributed by atoms with Gasteiger partial charge in [0.1, 0.15) is 17.3 Å². The Morgan fingerprint density at radius 3 is 2.47 bits per heavy atom. The molecule has 1 heterocycles. The zero-order valence-corrected chi connectivity index (χ0v) is 17.8. The Morgan fingerprint density at radius 2 is 1.83 bits per heavy atom. The summed E-state index contributed by atoms with van der Waals surface area (Å²) < 4.78 is 5.83. The first-order chi connectivity index (χ1) is 14.4. The highest BCUT2D eigenvalue weighted by molar-refractivity contribution is 5.79. The fourth-order valence-corrected chi connectivity index (χ4v) is 3.19. The van der Waals surface area contributed by atoms with Crippen LogP contribution in [0.5, 0.6) is 5.75 Å². The molecule has 2 aromatic carbocycles. The molecule has 0 saturated carbocycles. The van der Waals surface area contributed by atoms with Gasteiger partial charge in [0.25, 0.3) is 0 Å². The number of nitrogens with zero attached hydrogens (tertiary/aromatic N) is 2. The van der Waals surface area contributed by atoms with Gasteiger partial charge in [0.2, 0.25) is 5.70 Å². The third-order valence-corrected chi connectivity index (χ3v) is 5.04. The van der Waals surface area contributed by atoms with Crippen LogP contribution < -0.4 is 4.90 Å². The second kappa shape index (κ2) is 9.19. The van der Waals surface area contributed by atoms with Crippen LogP contribution in [-0.4, -0.2) is 18.7 Å². The summed E-state index contributed by atoms with van der Waals surface area (Å²) in [6, 6.07) is 13.5. The zero-order valence-electron chi connectivity index (χ0n) is 17.8. The Bertz CT molecular complexity index is 1100. The largest absolute Gasteiger partial charge is 0.508 e. The van der Waals surface area contributed by atoms with Crippen molar-refractivity contribution in [2.24, 2.45) is 0 Å². The molecule has 30 heavy (non-hydrogen) atoms. The summed E-state index contributed by atoms with van der Waals surface area (Å²) in [4.78, 5) is 5.96. The molecule has 4 heteroatoms. The summed E-state index contributed by atoms with van der Waals surface area (Å²) in [5, 5.41) is 9.68. The normalized spacial score (nSPS) is 15.2. The van der Waals surface area contributed by atoms with E-state index in [1.807, 2.05) is 81.6 Å². The number of allylic oxidation sites excluding steroid dienone is 5. The Labute approximate surface area is 178 Å². The summed E-state index contributed by atoms with van der Waals surface area (Å²) in [7, 11) is 2.05. The van der Waals surface area contributed by atoms with Crippen molar-refractivity contribution in [3.05, 3.63) is 106 Å². The van der Waals surface area contributed by atoms with E-state index in [0.29, 0.717) is 11.5 Å². The maximum absolute atomic E-state index is 9.68. The van der Waals surface area contributed by atoms with Crippen LogP contribution in [0.15, 0.2) is 77.8 Å². The van der Waals surface area contributed by atoms with Gasteiger partial charge in [-0.25, -0.2) is 4.85 Å². The van der Waals surface area contributed by atoms with Gasteiger partial charge in [-0.05, 0) is 85.5 Å². The molecule has 3 rings (SSSR count). The lowest BCUT2D eigenvalue weighted by molar-refractivity contribution is 0.318. The Kier molecular flexibility index (Phi) is 6.44. The number of aryl methyl sites for hydroxylation is 1. The van der Waals surface area contributed by atoms with Crippen molar-refractivity contribution in [2.45, 2.75) is 20.8 Å². The Balaban J connectivity index is 1.93. The Hall–Kier alpha value is -3.71. The van der Waals surface area contributed by atoms with Crippen LogP contribution in [0.3, 0.4) is 0 Å². The van der Waals surface area contributed by atoms with Gasteiger partial charge in [-0.1, -0.05) is 24.3 Å². The van der Waals surface area contributed by atoms with Crippen molar-refractivity contribution in [3.63, 3.8) is 0 Å². The molecule has 0 amide bonds. The summed E-state index contributed by atoms with van der Waals surface area (Å²) >= 11 is 0. The van der Waals surface area contributed by atoms with Crippen LogP contribution in [0.4, 0.5) is 5.69 Å². The third-order valence-electron chi connectivity index (χ3n) is 5.04. The number of hydrogen-bond acceptors (Lipinski definition) is 3. The molecule has 0 fully saturated rings. The number of phenolic OH excluding ortho intramolecular Hbond substituents is 1. The molecule has 0 bridgehead atoms. The van der Waals surface area contributed by atoms with Crippen LogP contribution in [0.1, 0.15) is 30.5 Å². The van der Waals surface area contributed by atoms with E-state index in [-0.39, 0.29) is 5.75 Å². The summed E-state index contributed by atoms with van der Waals surface area (Å²) in [5.74, 6) is 1.68. The quantitative estimate of drug-likeness (QED) is 0.599. The van der Waals surface area contributed by atoms with Crippen LogP contribution in [0.25, 0.3) is 16.6 Å². The van der Waals surface area contributed by atoms with E-state index >= 15 is 0 Å². The minimum absolute atomic E-state index is 0.280. The first kappa shape index (κ1) is 21.0. The van der Waals surface area contributed by atoms with Gasteiger partial charge in [0.15, 0.2) is 0 Å². The summed E-state index contributed by atoms with van der Waals surface area (Å²) in [6.07, 6.45) is 7.59. The molecule has 4 nitrogen and oxygen atoms in total. The first-order valence-corrected chi connectivity index (χ1v) is 9.90. The van der Waals surface area contributed by atoms with Crippen molar-refractivity contribution >= 4 is 17.5 Å². The molecular weight excluding hydrogens is 372 g/mol. The number of aromatic hydroxyl groups is 1. The summed E-state index contributed by atoms with van der Waals surface area (Å²) in [5.41, 5.74) is 5.21. The first-order valence-electron chi connectivity index (χ1n) is 9.90. The monoisotopic (exact) mass is 398 g/mol. The van der Waals surface area contributed by atoms with Crippen molar-refractivity contribution in [3.8, 4) is 5.75 Å². The molecular formula is C26H26N2O2. The molecule has 0 radical (unpaired) electrons. The van der Waals surface area contributed by atoms with Gasteiger partial charge >= 0.3 is 0 Å². The number of benzene rings is 2. The van der Waals surface area contributed by atoms with Gasteiger partial charge in [-0.2, -0.15) is 0 Å². The molecule has 152 valence electrons. The smallest absolute Gasteiger partial charge is 0.201 e. The number of rotatable bonds is 5. The van der Waals surface area contributed by atoms with Crippen LogP contribution in [-0.2, 0) is 4.74 Å². The van der Waals surface area contributed by atoms with Crippen LogP contribution in [0.2, 0.25) is 0 Å². The van der Waals surface area contributed by atoms with Crippen molar-refractivity contribution in [1.29, 1.82) is 0 Å². The molecule has 1 aliphatic rings. The molecule has 0 saturated heterocycles. The predicted molar refractivity (Wildman–Crippen MR) is 124 cm³/mol. The minimum Gasteiger partial charge on any atom is -0.508 e. The fraction of sp³-hybridized carbons (Fsp3) is 0.192. The second-order valence-electron chi connectivity index (χ2n) is 7.26. The lowest BCUT2D eigenvalue weighted by Crippen LogP contribution is -2.15. The summed E-state index contributed by atoms with van der Waals surface area (Å²) in [6.45, 7) is 14.5. The SMILES string of the molecule is [C-]#[N+]/C(=C1/C=C(C)OC(/C=C/c2ccc(O)c(C)c2)=C1)c1ccc(N(C)CC)cc1. The van der Waals surface area contributed by atoms with E-state index in [1.165, 1.54) is 0 Å². The molecule has 2 aromatic rings. The average Bonchev–Trinajstić information content (AvgIpc) is 2.75. The number of anilines is 1. The topological polar surface area (TPSA) is 37.1 Å². The highest BCUT2D eigenvalue weighted by atomic mass is 16.5. The lowest BCUT2D eigenvalue weighted by Gasteiger charge is -2.17. The molecule has 0 unspecified atom stereocenters. The maximum atomic E-state index is 9.68. The van der Waals surface area contributed by atoms with Gasteiger partial charge in [0, 0.05) is 19.3 Å². The van der Waals surface area contributed by atoms with E-state index in [1.54, 1.807) is 6.07 Å². The van der Waals surface area contributed by atoms with Crippen LogP contribution in [0, 0.1) is 13.5 Å². The Morgan fingerprint density at radius 1 is 1.10 bits per heavy atom. The van der Waals surface area contributed by atoms with Gasteiger partial charge in [-0.3, -0.25) is 0 Å². The molecule has 0 aromatic heterocycles. The van der Waals surface area contributed by atoms with Gasteiger partial charge < -0.3 is 14.7 Å². The maximum Gasteiger partial charge on any atom is 0.201 e. The lowest BCUT2D eigenvalue weighted by atomic mass is 10.0. The number of ether oxygens (including phenoxy) is 1. The highest BCUT2D eigenvalue weighted by Gasteiger charge is 2.13. The van der Waals surface area contributed by atoms with Crippen molar-refractivity contribution in [2.75, 3.05) is 18.5 Å². The van der Waals surface area contributed by atoms with Crippen molar-refractivity contribution < 1.29 is 9.84 Å². The van der Waals surface area contributed by atoms with Gasteiger partial charge in [-0.15, -0.1) is 0 Å². The third kappa shape index (κ3) is 4.82. The minimum atomic E-state index is 0.280. The van der Waals surface area contributed by atoms with E-state index in [9.17, 15) is 5.11 Å². The average molecular weight is 399 g/mol. The van der Waals surface area contributed by atoms with Crippen LogP contribution >= 0.6 is 0 Å². The molecule has 0 aliphatic carbocycles. The predicted octanol–water partition coefficient (Wildman–Crippen LogP) is 6.32. The zero-order chi connectivity index (χ0) is 21.7. The standard InChI is InChI=1S/C26H26N2O2/c1-6-28(5)23-11-9-21(10-12-23)26(27-4)22-16-19(3)30-24(17-22)13-7-20-8-14-25(29)18(2)15-20/h7-17,29H,6H2,1-3,5H3/b13-7+,26-22-. The molecule has 0 atom stereocenters. The molecule has 1 N–H and O–H groups in total. The number of hydrogen-bond donors (Lipinski definition) is 1. The molecule has 0 spiro atoms. The fourth-order valence-electron chi connectivity index (χ4n) is 3.19. The van der Waals surface area contributed by atoms with E-state index in [0.717, 1.165) is 40.3 Å². The highest BCUT2D eigenvalue weighted by Crippen LogP contribution is 2.30. The van der Waals surface area contributed by atoms with E-state index in [2.05, 4.69) is 16.7 Å².